The zero-order chi connectivity index (χ0) is 22.2. The second-order valence-corrected chi connectivity index (χ2v) is 12.6. The highest BCUT2D eigenvalue weighted by Gasteiger charge is 2.14. The first-order valence-corrected chi connectivity index (χ1v) is 14.5. The molecule has 4 aromatic carbocycles. The summed E-state index contributed by atoms with van der Waals surface area (Å²) in [7, 11) is 0. The average Bonchev–Trinajstić information content (AvgIpc) is 3.65. The van der Waals surface area contributed by atoms with Crippen LogP contribution in [0.2, 0.25) is 0 Å². The van der Waals surface area contributed by atoms with Crippen LogP contribution in [0, 0.1) is 0 Å². The van der Waals surface area contributed by atoms with Gasteiger partial charge in [0.15, 0.2) is 0 Å². The fraction of sp³-hybridized carbons (Fsp3) is 0. The lowest BCUT2D eigenvalue weighted by molar-refractivity contribution is 1.73. The Labute approximate surface area is 212 Å². The van der Waals surface area contributed by atoms with Crippen molar-refractivity contribution < 1.29 is 0 Å². The molecular weight excluding hydrogens is 489 g/mol. The molecule has 0 bridgehead atoms. The van der Waals surface area contributed by atoms with Crippen molar-refractivity contribution in [2.45, 2.75) is 0 Å². The van der Waals surface area contributed by atoms with Crippen LogP contribution >= 0.6 is 45.3 Å². The number of thiophene rings is 4. The Bertz CT molecular complexity index is 1880. The first-order chi connectivity index (χ1) is 16.8. The van der Waals surface area contributed by atoms with Gasteiger partial charge in [0.2, 0.25) is 0 Å². The van der Waals surface area contributed by atoms with Gasteiger partial charge in [0.1, 0.15) is 0 Å². The number of fused-ring (bicyclic) bond motifs is 7. The van der Waals surface area contributed by atoms with Gasteiger partial charge < -0.3 is 0 Å². The molecule has 0 aliphatic heterocycles. The highest BCUT2D eigenvalue weighted by Crippen LogP contribution is 2.46. The van der Waals surface area contributed by atoms with E-state index in [-0.39, 0.29) is 0 Å². The van der Waals surface area contributed by atoms with Gasteiger partial charge in [-0.05, 0) is 80.2 Å². The van der Waals surface area contributed by atoms with Gasteiger partial charge in [-0.1, -0.05) is 48.5 Å². The molecule has 4 aromatic heterocycles. The molecule has 0 unspecified atom stereocenters. The fourth-order valence-corrected chi connectivity index (χ4v) is 9.27. The smallest absolute Gasteiger partial charge is 0.0542 e. The number of rotatable bonds is 2. The molecule has 0 nitrogen and oxygen atoms in total. The summed E-state index contributed by atoms with van der Waals surface area (Å²) in [6, 6.07) is 32.0. The van der Waals surface area contributed by atoms with Crippen molar-refractivity contribution in [3.05, 3.63) is 95.7 Å². The third-order valence-electron chi connectivity index (χ3n) is 6.66. The Kier molecular flexibility index (Phi) is 4.11. The minimum Gasteiger partial charge on any atom is -0.144 e. The molecular formula is C30H16S4. The fourth-order valence-electron chi connectivity index (χ4n) is 4.88. The molecule has 0 atom stereocenters. The topological polar surface area (TPSA) is 0 Å². The van der Waals surface area contributed by atoms with Crippen LogP contribution in [0.5, 0.6) is 0 Å². The van der Waals surface area contributed by atoms with Crippen LogP contribution in [0.15, 0.2) is 95.7 Å². The molecule has 0 aliphatic rings. The quantitative estimate of drug-likeness (QED) is 0.220. The second-order valence-electron chi connectivity index (χ2n) is 8.63. The molecule has 160 valence electrons. The molecule has 0 radical (unpaired) electrons. The van der Waals surface area contributed by atoms with E-state index in [4.69, 9.17) is 0 Å². The van der Waals surface area contributed by atoms with Crippen molar-refractivity contribution in [1.82, 2.24) is 0 Å². The van der Waals surface area contributed by atoms with Crippen LogP contribution in [0.3, 0.4) is 0 Å². The van der Waals surface area contributed by atoms with E-state index in [1.54, 1.807) is 0 Å². The van der Waals surface area contributed by atoms with E-state index in [2.05, 4.69) is 95.7 Å². The first-order valence-electron chi connectivity index (χ1n) is 11.1. The van der Waals surface area contributed by atoms with E-state index < -0.39 is 0 Å². The molecule has 8 rings (SSSR count). The van der Waals surface area contributed by atoms with Crippen LogP contribution in [0.1, 0.15) is 0 Å². The zero-order valence-electron chi connectivity index (χ0n) is 17.9. The normalized spacial score (nSPS) is 12.1. The SMILES string of the molecule is c1cc2ccc(-c3ccc4c(c3)sc3c5ccc(-c6ccc7ccsc7c6)cc5sc43)cc2s1. The van der Waals surface area contributed by atoms with E-state index in [0.717, 1.165) is 0 Å². The molecule has 0 N–H and O–H groups in total. The third kappa shape index (κ3) is 2.87. The van der Waals surface area contributed by atoms with Gasteiger partial charge in [-0.25, -0.2) is 0 Å². The Morgan fingerprint density at radius 1 is 0.382 bits per heavy atom. The zero-order valence-corrected chi connectivity index (χ0v) is 21.1. The second kappa shape index (κ2) is 7.24. The Hall–Kier alpha value is -3.02. The number of hydrogen-bond acceptors (Lipinski definition) is 4. The summed E-state index contributed by atoms with van der Waals surface area (Å²) in [6.45, 7) is 0. The van der Waals surface area contributed by atoms with Gasteiger partial charge >= 0.3 is 0 Å². The van der Waals surface area contributed by atoms with Crippen molar-refractivity contribution in [1.29, 1.82) is 0 Å². The number of hydrogen-bond donors (Lipinski definition) is 0. The molecule has 0 amide bonds. The number of benzene rings is 4. The molecule has 0 saturated heterocycles. The predicted octanol–water partition coefficient (Wildman–Crippen LogP) is 11.0. The maximum atomic E-state index is 2.37. The summed E-state index contributed by atoms with van der Waals surface area (Å²) in [4.78, 5) is 0. The Morgan fingerprint density at radius 3 is 1.26 bits per heavy atom. The summed E-state index contributed by atoms with van der Waals surface area (Å²) in [5.74, 6) is 0. The van der Waals surface area contributed by atoms with E-state index in [1.165, 1.54) is 72.0 Å². The lowest BCUT2D eigenvalue weighted by Crippen LogP contribution is -1.77. The maximum absolute atomic E-state index is 2.37. The first kappa shape index (κ1) is 19.3. The summed E-state index contributed by atoms with van der Waals surface area (Å²) < 4.78 is 8.29. The average molecular weight is 505 g/mol. The summed E-state index contributed by atoms with van der Waals surface area (Å²) >= 11 is 7.49. The van der Waals surface area contributed by atoms with Crippen molar-refractivity contribution in [3.63, 3.8) is 0 Å². The molecule has 0 spiro atoms. The molecule has 0 aliphatic carbocycles. The van der Waals surface area contributed by atoms with E-state index >= 15 is 0 Å². The highest BCUT2D eigenvalue weighted by atomic mass is 32.1. The van der Waals surface area contributed by atoms with Gasteiger partial charge in [-0.3, -0.25) is 0 Å². The largest absolute Gasteiger partial charge is 0.144 e. The van der Waals surface area contributed by atoms with Crippen molar-refractivity contribution >= 4 is 95.1 Å². The molecule has 8 aromatic rings. The molecule has 0 fully saturated rings. The van der Waals surface area contributed by atoms with Gasteiger partial charge in [-0.2, -0.15) is 0 Å². The van der Waals surface area contributed by atoms with Gasteiger partial charge in [0.05, 0.1) is 9.40 Å². The van der Waals surface area contributed by atoms with Crippen LogP contribution < -0.4 is 0 Å². The van der Waals surface area contributed by atoms with E-state index in [9.17, 15) is 0 Å². The lowest BCUT2D eigenvalue weighted by atomic mass is 10.0. The molecule has 4 heteroatoms. The van der Waals surface area contributed by atoms with Crippen molar-refractivity contribution in [2.75, 3.05) is 0 Å². The van der Waals surface area contributed by atoms with Gasteiger partial charge in [-0.15, -0.1) is 45.3 Å². The van der Waals surface area contributed by atoms with E-state index in [0.29, 0.717) is 0 Å². The van der Waals surface area contributed by atoms with Gasteiger partial charge in [0, 0.05) is 29.6 Å². The lowest BCUT2D eigenvalue weighted by Gasteiger charge is -2.03. The maximum Gasteiger partial charge on any atom is 0.0542 e. The van der Waals surface area contributed by atoms with Crippen LogP contribution in [0.25, 0.3) is 72.0 Å². The monoisotopic (exact) mass is 504 g/mol. The Morgan fingerprint density at radius 2 is 0.794 bits per heavy atom. The van der Waals surface area contributed by atoms with Gasteiger partial charge in [0.25, 0.3) is 0 Å². The predicted molar refractivity (Wildman–Crippen MR) is 156 cm³/mol. The molecule has 0 saturated carbocycles. The highest BCUT2D eigenvalue weighted by molar-refractivity contribution is 7.36. The van der Waals surface area contributed by atoms with Crippen molar-refractivity contribution in [2.24, 2.45) is 0 Å². The standard InChI is InChI=1S/C30H16S4/c1-3-19(13-25-17(1)9-11-31-25)21-5-7-23-27(15-21)33-30-24-8-6-22(16-28(24)34-29(23)30)20-4-2-18-10-12-32-26(18)14-20/h1-16H. The Balaban J connectivity index is 1.25. The van der Waals surface area contributed by atoms with Crippen molar-refractivity contribution in [3.8, 4) is 22.3 Å². The van der Waals surface area contributed by atoms with Crippen LogP contribution in [-0.4, -0.2) is 0 Å². The molecule has 34 heavy (non-hydrogen) atoms. The summed E-state index contributed by atoms with van der Waals surface area (Å²) in [6.07, 6.45) is 0. The van der Waals surface area contributed by atoms with E-state index in [1.807, 2.05) is 45.3 Å². The minimum atomic E-state index is 1.30. The summed E-state index contributed by atoms with van der Waals surface area (Å²) in [5, 5.41) is 9.75. The van der Waals surface area contributed by atoms with Crippen LogP contribution in [0.4, 0.5) is 0 Å². The molecule has 4 heterocycles. The third-order valence-corrected chi connectivity index (χ3v) is 10.9. The summed E-state index contributed by atoms with van der Waals surface area (Å²) in [5.41, 5.74) is 5.19. The van der Waals surface area contributed by atoms with Crippen LogP contribution in [-0.2, 0) is 0 Å². The minimum absolute atomic E-state index is 1.30.